The van der Waals surface area contributed by atoms with Gasteiger partial charge in [0.1, 0.15) is 0 Å². The van der Waals surface area contributed by atoms with Gasteiger partial charge in [0.15, 0.2) is 5.82 Å². The number of nitrogens with one attached hydrogen (secondary N) is 1. The van der Waals surface area contributed by atoms with Crippen LogP contribution < -0.4 is 0 Å². The smallest absolute Gasteiger partial charge is 0.182 e. The van der Waals surface area contributed by atoms with Gasteiger partial charge in [0, 0.05) is 24.0 Å². The maximum Gasteiger partial charge on any atom is 0.182 e. The summed E-state index contributed by atoms with van der Waals surface area (Å²) in [6.07, 6.45) is 1.73. The Labute approximate surface area is 96.1 Å². The average Bonchev–Trinajstić information content (AvgIpc) is 2.57. The van der Waals surface area contributed by atoms with Crippen LogP contribution >= 0.6 is 15.9 Å². The number of aromatic amines is 1. The van der Waals surface area contributed by atoms with Gasteiger partial charge in [-0.05, 0) is 18.2 Å². The molecule has 4 nitrogen and oxygen atoms in total. The van der Waals surface area contributed by atoms with Crippen molar-refractivity contribution in [3.05, 3.63) is 22.7 Å². The van der Waals surface area contributed by atoms with Crippen molar-refractivity contribution in [1.29, 1.82) is 0 Å². The second-order valence-electron chi connectivity index (χ2n) is 3.45. The Kier molecular flexibility index (Phi) is 2.73. The summed E-state index contributed by atoms with van der Waals surface area (Å²) in [4.78, 5) is 6.14. The van der Waals surface area contributed by atoms with Gasteiger partial charge in [0.05, 0.1) is 11.9 Å². The van der Waals surface area contributed by atoms with Crippen LogP contribution in [0, 0.1) is 0 Å². The molecule has 0 amide bonds. The number of H-pyrrole nitrogens is 1. The molecular formula is C10H11BrN4. The third-order valence-corrected chi connectivity index (χ3v) is 2.41. The van der Waals surface area contributed by atoms with E-state index in [1.165, 1.54) is 0 Å². The number of halogens is 1. The summed E-state index contributed by atoms with van der Waals surface area (Å²) in [5.41, 5.74) is 0.982. The highest BCUT2D eigenvalue weighted by atomic mass is 79.9. The third kappa shape index (κ3) is 2.18. The van der Waals surface area contributed by atoms with E-state index in [1.807, 2.05) is 37.2 Å². The van der Waals surface area contributed by atoms with Crippen molar-refractivity contribution in [3.63, 3.8) is 0 Å². The fourth-order valence-electron chi connectivity index (χ4n) is 1.25. The van der Waals surface area contributed by atoms with Crippen molar-refractivity contribution in [2.45, 2.75) is 0 Å². The molecule has 2 rings (SSSR count). The summed E-state index contributed by atoms with van der Waals surface area (Å²) in [6, 6.07) is 5.95. The molecule has 0 saturated heterocycles. The van der Waals surface area contributed by atoms with E-state index in [1.54, 1.807) is 6.34 Å². The number of fused-ring (bicyclic) bond motifs is 1. The molecule has 0 unspecified atom stereocenters. The zero-order valence-corrected chi connectivity index (χ0v) is 10.1. The Hall–Kier alpha value is -1.36. The predicted octanol–water partition coefficient (Wildman–Crippen LogP) is 2.55. The highest BCUT2D eigenvalue weighted by Crippen LogP contribution is 2.25. The lowest BCUT2D eigenvalue weighted by atomic mass is 10.2. The highest BCUT2D eigenvalue weighted by molar-refractivity contribution is 9.10. The molecule has 0 bridgehead atoms. The number of hydrogen-bond donors (Lipinski definition) is 1. The normalized spacial score (nSPS) is 11.4. The van der Waals surface area contributed by atoms with Gasteiger partial charge >= 0.3 is 0 Å². The van der Waals surface area contributed by atoms with Crippen molar-refractivity contribution in [2.75, 3.05) is 14.1 Å². The van der Waals surface area contributed by atoms with Crippen LogP contribution in [-0.2, 0) is 0 Å². The summed E-state index contributed by atoms with van der Waals surface area (Å²) in [6.45, 7) is 0. The number of nitrogens with zero attached hydrogens (tertiary/aromatic N) is 3. The first-order valence-corrected chi connectivity index (χ1v) is 5.30. The Balaban J connectivity index is 2.45. The monoisotopic (exact) mass is 266 g/mol. The minimum Gasteiger partial charge on any atom is -0.369 e. The molecule has 0 atom stereocenters. The van der Waals surface area contributed by atoms with Gasteiger partial charge < -0.3 is 4.90 Å². The second-order valence-corrected chi connectivity index (χ2v) is 4.36. The van der Waals surface area contributed by atoms with E-state index in [4.69, 9.17) is 0 Å². The zero-order chi connectivity index (χ0) is 10.8. The Morgan fingerprint density at radius 2 is 2.27 bits per heavy atom. The van der Waals surface area contributed by atoms with E-state index >= 15 is 0 Å². The van der Waals surface area contributed by atoms with Gasteiger partial charge in [0.2, 0.25) is 0 Å². The van der Waals surface area contributed by atoms with Gasteiger partial charge in [-0.3, -0.25) is 5.10 Å². The van der Waals surface area contributed by atoms with Crippen LogP contribution in [0.1, 0.15) is 0 Å². The van der Waals surface area contributed by atoms with E-state index in [2.05, 4.69) is 31.1 Å². The first-order chi connectivity index (χ1) is 7.16. The quantitative estimate of drug-likeness (QED) is 0.671. The molecular weight excluding hydrogens is 256 g/mol. The van der Waals surface area contributed by atoms with Crippen LogP contribution in [0.5, 0.6) is 0 Å². The summed E-state index contributed by atoms with van der Waals surface area (Å²) < 4.78 is 1.03. The minimum absolute atomic E-state index is 0.714. The first kappa shape index (κ1) is 10.2. The topological polar surface area (TPSA) is 44.3 Å². The van der Waals surface area contributed by atoms with Crippen molar-refractivity contribution in [1.82, 2.24) is 15.1 Å². The molecule has 1 heterocycles. The average molecular weight is 267 g/mol. The van der Waals surface area contributed by atoms with Gasteiger partial charge in [-0.1, -0.05) is 15.9 Å². The second kappa shape index (κ2) is 4.02. The van der Waals surface area contributed by atoms with Crippen LogP contribution in [0.3, 0.4) is 0 Å². The van der Waals surface area contributed by atoms with Crippen molar-refractivity contribution < 1.29 is 0 Å². The van der Waals surface area contributed by atoms with E-state index in [0.717, 1.165) is 15.4 Å². The summed E-state index contributed by atoms with van der Waals surface area (Å²) in [7, 11) is 3.85. The van der Waals surface area contributed by atoms with Crippen LogP contribution in [0.25, 0.3) is 10.9 Å². The molecule has 0 spiro atoms. The third-order valence-electron chi connectivity index (χ3n) is 1.92. The number of hydrogen-bond acceptors (Lipinski definition) is 2. The van der Waals surface area contributed by atoms with Crippen LogP contribution in [0.15, 0.2) is 27.7 Å². The zero-order valence-electron chi connectivity index (χ0n) is 8.53. The Morgan fingerprint density at radius 1 is 1.47 bits per heavy atom. The molecule has 2 aromatic rings. The molecule has 5 heteroatoms. The van der Waals surface area contributed by atoms with Crippen LogP contribution in [0.2, 0.25) is 0 Å². The lowest BCUT2D eigenvalue weighted by molar-refractivity contribution is 0.643. The number of rotatable bonds is 2. The lowest BCUT2D eigenvalue weighted by Crippen LogP contribution is -2.06. The number of benzene rings is 1. The largest absolute Gasteiger partial charge is 0.369 e. The van der Waals surface area contributed by atoms with Crippen molar-refractivity contribution in [3.8, 4) is 0 Å². The molecule has 1 aromatic heterocycles. The summed E-state index contributed by atoms with van der Waals surface area (Å²) in [5, 5.41) is 8.10. The molecule has 0 aliphatic carbocycles. The van der Waals surface area contributed by atoms with Gasteiger partial charge in [-0.15, -0.1) is 0 Å². The SMILES string of the molecule is CN(C)C=Nc1n[nH]c2cc(Br)ccc12. The molecule has 0 aliphatic rings. The minimum atomic E-state index is 0.714. The molecule has 0 saturated carbocycles. The Bertz CT molecular complexity index is 501. The first-order valence-electron chi connectivity index (χ1n) is 4.51. The molecule has 1 N–H and O–H groups in total. The molecule has 0 radical (unpaired) electrons. The Morgan fingerprint density at radius 3 is 3.00 bits per heavy atom. The predicted molar refractivity (Wildman–Crippen MR) is 65.6 cm³/mol. The van der Waals surface area contributed by atoms with Crippen LogP contribution in [-0.4, -0.2) is 35.5 Å². The van der Waals surface area contributed by atoms with Gasteiger partial charge in [-0.25, -0.2) is 4.99 Å². The summed E-state index contributed by atoms with van der Waals surface area (Å²) in [5.74, 6) is 0.714. The van der Waals surface area contributed by atoms with E-state index in [9.17, 15) is 0 Å². The molecule has 0 aliphatic heterocycles. The molecule has 0 fully saturated rings. The highest BCUT2D eigenvalue weighted by Gasteiger charge is 2.03. The molecule has 15 heavy (non-hydrogen) atoms. The van der Waals surface area contributed by atoms with Gasteiger partial charge in [-0.2, -0.15) is 5.10 Å². The fourth-order valence-corrected chi connectivity index (χ4v) is 1.61. The van der Waals surface area contributed by atoms with E-state index < -0.39 is 0 Å². The molecule has 78 valence electrons. The number of aromatic nitrogens is 2. The summed E-state index contributed by atoms with van der Waals surface area (Å²) >= 11 is 3.41. The van der Waals surface area contributed by atoms with Crippen LogP contribution in [0.4, 0.5) is 5.82 Å². The maximum absolute atomic E-state index is 4.27. The van der Waals surface area contributed by atoms with E-state index in [-0.39, 0.29) is 0 Å². The maximum atomic E-state index is 4.27. The number of aliphatic imine (C=N–C) groups is 1. The molecule has 1 aromatic carbocycles. The van der Waals surface area contributed by atoms with Gasteiger partial charge in [0.25, 0.3) is 0 Å². The fraction of sp³-hybridized carbons (Fsp3) is 0.200. The lowest BCUT2D eigenvalue weighted by Gasteiger charge is -2.00. The van der Waals surface area contributed by atoms with E-state index in [0.29, 0.717) is 5.82 Å². The van der Waals surface area contributed by atoms with Crippen molar-refractivity contribution in [2.24, 2.45) is 4.99 Å². The standard InChI is InChI=1S/C10H11BrN4/c1-15(2)6-12-10-8-4-3-7(11)5-9(8)13-14-10/h3-6H,1-2H3,(H,13,14). The van der Waals surface area contributed by atoms with Crippen molar-refractivity contribution >= 4 is 39.0 Å².